The highest BCUT2D eigenvalue weighted by Gasteiger charge is 2.22. The van der Waals surface area contributed by atoms with E-state index in [1.165, 1.54) is 12.8 Å². The number of nitrogens with one attached hydrogen (secondary N) is 2. The van der Waals surface area contributed by atoms with Crippen LogP contribution in [-0.4, -0.2) is 29.8 Å². The second-order valence-electron chi connectivity index (χ2n) is 6.91. The SMILES string of the molecule is CN=C(NCc1ccc(OCC2CC2)nc1)NCc1cc(C(C)C)no1.I. The van der Waals surface area contributed by atoms with Crippen molar-refractivity contribution in [2.24, 2.45) is 10.9 Å². The molecular weight excluding hydrogens is 457 g/mol. The van der Waals surface area contributed by atoms with Gasteiger partial charge in [-0.2, -0.15) is 0 Å². The van der Waals surface area contributed by atoms with Crippen molar-refractivity contribution in [3.63, 3.8) is 0 Å². The molecule has 2 heterocycles. The minimum absolute atomic E-state index is 0. The quantitative estimate of drug-likeness (QED) is 0.339. The highest BCUT2D eigenvalue weighted by Crippen LogP contribution is 2.29. The molecule has 0 spiro atoms. The number of pyridine rings is 1. The van der Waals surface area contributed by atoms with Gasteiger partial charge in [0.1, 0.15) is 0 Å². The van der Waals surface area contributed by atoms with Crippen LogP contribution in [0, 0.1) is 5.92 Å². The second kappa shape index (κ2) is 10.5. The van der Waals surface area contributed by atoms with Gasteiger partial charge in [-0.1, -0.05) is 25.1 Å². The number of aromatic nitrogens is 2. The maximum absolute atomic E-state index is 5.65. The monoisotopic (exact) mass is 485 g/mol. The molecule has 0 atom stereocenters. The van der Waals surface area contributed by atoms with Gasteiger partial charge < -0.3 is 19.9 Å². The Kier molecular flexibility index (Phi) is 8.33. The first-order valence-corrected chi connectivity index (χ1v) is 9.11. The van der Waals surface area contributed by atoms with Crippen molar-refractivity contribution >= 4 is 29.9 Å². The van der Waals surface area contributed by atoms with Gasteiger partial charge in [-0.3, -0.25) is 4.99 Å². The normalized spacial score (nSPS) is 14.0. The zero-order valence-corrected chi connectivity index (χ0v) is 18.4. The molecule has 1 aliphatic rings. The number of hydrogen-bond acceptors (Lipinski definition) is 5. The smallest absolute Gasteiger partial charge is 0.213 e. The molecule has 27 heavy (non-hydrogen) atoms. The number of guanidine groups is 1. The minimum atomic E-state index is 0. The Morgan fingerprint density at radius 1 is 1.30 bits per heavy atom. The van der Waals surface area contributed by atoms with Crippen molar-refractivity contribution < 1.29 is 9.26 Å². The molecule has 0 radical (unpaired) electrons. The van der Waals surface area contributed by atoms with E-state index >= 15 is 0 Å². The zero-order valence-electron chi connectivity index (χ0n) is 16.1. The topological polar surface area (TPSA) is 84.6 Å². The summed E-state index contributed by atoms with van der Waals surface area (Å²) in [7, 11) is 1.74. The van der Waals surface area contributed by atoms with Gasteiger partial charge in [-0.15, -0.1) is 24.0 Å². The third-order valence-corrected chi connectivity index (χ3v) is 4.24. The molecule has 7 nitrogen and oxygen atoms in total. The summed E-state index contributed by atoms with van der Waals surface area (Å²) in [5.41, 5.74) is 2.02. The van der Waals surface area contributed by atoms with Gasteiger partial charge in [0.15, 0.2) is 11.7 Å². The molecule has 1 fully saturated rings. The second-order valence-corrected chi connectivity index (χ2v) is 6.91. The highest BCUT2D eigenvalue weighted by atomic mass is 127. The number of halogens is 1. The number of nitrogens with zero attached hydrogens (tertiary/aromatic N) is 3. The van der Waals surface area contributed by atoms with Crippen LogP contribution in [0.4, 0.5) is 0 Å². The number of aliphatic imine (C=N–C) groups is 1. The predicted octanol–water partition coefficient (Wildman–Crippen LogP) is 3.47. The summed E-state index contributed by atoms with van der Waals surface area (Å²) < 4.78 is 11.0. The van der Waals surface area contributed by atoms with Crippen LogP contribution in [0.5, 0.6) is 5.88 Å². The number of ether oxygens (including phenoxy) is 1. The average molecular weight is 485 g/mol. The summed E-state index contributed by atoms with van der Waals surface area (Å²) in [6, 6.07) is 5.90. The summed E-state index contributed by atoms with van der Waals surface area (Å²) in [5, 5.41) is 10.5. The van der Waals surface area contributed by atoms with Gasteiger partial charge in [0, 0.05) is 31.9 Å². The maximum Gasteiger partial charge on any atom is 0.213 e. The fourth-order valence-corrected chi connectivity index (χ4v) is 2.35. The molecule has 2 N–H and O–H groups in total. The van der Waals surface area contributed by atoms with Gasteiger partial charge in [0.05, 0.1) is 18.8 Å². The minimum Gasteiger partial charge on any atom is -0.477 e. The summed E-state index contributed by atoms with van der Waals surface area (Å²) >= 11 is 0. The Hall–Kier alpha value is -1.84. The van der Waals surface area contributed by atoms with E-state index < -0.39 is 0 Å². The Bertz CT molecular complexity index is 726. The maximum atomic E-state index is 5.65. The third-order valence-electron chi connectivity index (χ3n) is 4.24. The van der Waals surface area contributed by atoms with Gasteiger partial charge >= 0.3 is 0 Å². The van der Waals surface area contributed by atoms with Crippen molar-refractivity contribution in [3.8, 4) is 5.88 Å². The largest absolute Gasteiger partial charge is 0.477 e. The first kappa shape index (κ1) is 21.5. The van der Waals surface area contributed by atoms with Crippen LogP contribution in [0.3, 0.4) is 0 Å². The standard InChI is InChI=1S/C19H27N5O2.HI/c1-13(2)17-8-16(26-24-17)11-23-19(20-3)22-10-15-6-7-18(21-9-15)25-12-14-4-5-14;/h6-9,13-14H,4-5,10-12H2,1-3H3,(H2,20,22,23);1H. The van der Waals surface area contributed by atoms with Crippen molar-refractivity contribution in [1.29, 1.82) is 0 Å². The lowest BCUT2D eigenvalue weighted by Crippen LogP contribution is -2.36. The van der Waals surface area contributed by atoms with Crippen molar-refractivity contribution in [1.82, 2.24) is 20.8 Å². The summed E-state index contributed by atoms with van der Waals surface area (Å²) in [6.45, 7) is 6.12. The molecule has 0 aliphatic heterocycles. The van der Waals surface area contributed by atoms with Crippen LogP contribution in [0.1, 0.15) is 49.6 Å². The van der Waals surface area contributed by atoms with Gasteiger partial charge in [0.2, 0.25) is 5.88 Å². The van der Waals surface area contributed by atoms with Gasteiger partial charge in [0.25, 0.3) is 0 Å². The van der Waals surface area contributed by atoms with E-state index in [2.05, 4.69) is 39.6 Å². The molecule has 0 amide bonds. The molecule has 0 aromatic carbocycles. The lowest BCUT2D eigenvalue weighted by atomic mass is 10.1. The lowest BCUT2D eigenvalue weighted by molar-refractivity contribution is 0.288. The van der Waals surface area contributed by atoms with E-state index in [9.17, 15) is 0 Å². The Morgan fingerprint density at radius 2 is 2.07 bits per heavy atom. The zero-order chi connectivity index (χ0) is 18.4. The van der Waals surface area contributed by atoms with Crippen molar-refractivity contribution in [2.45, 2.75) is 45.7 Å². The molecule has 148 valence electrons. The summed E-state index contributed by atoms with van der Waals surface area (Å²) in [4.78, 5) is 8.57. The van der Waals surface area contributed by atoms with Crippen LogP contribution in [0.2, 0.25) is 0 Å². The van der Waals surface area contributed by atoms with Crippen LogP contribution in [-0.2, 0) is 13.1 Å². The van der Waals surface area contributed by atoms with Crippen molar-refractivity contribution in [3.05, 3.63) is 41.4 Å². The molecule has 1 aliphatic carbocycles. The molecule has 1 saturated carbocycles. The first-order valence-electron chi connectivity index (χ1n) is 9.11. The summed E-state index contributed by atoms with van der Waals surface area (Å²) in [6.07, 6.45) is 4.38. The number of rotatable bonds is 8. The van der Waals surface area contributed by atoms with E-state index in [1.807, 2.05) is 24.4 Å². The molecule has 2 aromatic rings. The third kappa shape index (κ3) is 7.00. The first-order chi connectivity index (χ1) is 12.6. The molecule has 3 rings (SSSR count). The Labute approximate surface area is 177 Å². The highest BCUT2D eigenvalue weighted by molar-refractivity contribution is 14.0. The van der Waals surface area contributed by atoms with E-state index in [-0.39, 0.29) is 24.0 Å². The average Bonchev–Trinajstić information content (AvgIpc) is 3.36. The van der Waals surface area contributed by atoms with Crippen LogP contribution >= 0.6 is 24.0 Å². The Balaban J connectivity index is 0.00000261. The van der Waals surface area contributed by atoms with E-state index in [1.54, 1.807) is 7.05 Å². The van der Waals surface area contributed by atoms with E-state index in [0.29, 0.717) is 30.8 Å². The molecule has 0 saturated heterocycles. The van der Waals surface area contributed by atoms with E-state index in [0.717, 1.165) is 29.5 Å². The molecule has 8 heteroatoms. The summed E-state index contributed by atoms with van der Waals surface area (Å²) in [5.74, 6) is 3.26. The Morgan fingerprint density at radius 3 is 2.67 bits per heavy atom. The molecular formula is C19H28IN5O2. The van der Waals surface area contributed by atoms with Crippen LogP contribution < -0.4 is 15.4 Å². The fraction of sp³-hybridized carbons (Fsp3) is 0.526. The lowest BCUT2D eigenvalue weighted by Gasteiger charge is -2.11. The molecule has 2 aromatic heterocycles. The van der Waals surface area contributed by atoms with Crippen molar-refractivity contribution in [2.75, 3.05) is 13.7 Å². The predicted molar refractivity (Wildman–Crippen MR) is 116 cm³/mol. The van der Waals surface area contributed by atoms with Crippen LogP contribution in [0.25, 0.3) is 0 Å². The van der Waals surface area contributed by atoms with E-state index in [4.69, 9.17) is 9.26 Å². The van der Waals surface area contributed by atoms with Crippen LogP contribution in [0.15, 0.2) is 33.9 Å². The fourth-order valence-electron chi connectivity index (χ4n) is 2.35. The molecule has 0 unspecified atom stereocenters. The van der Waals surface area contributed by atoms with Gasteiger partial charge in [-0.05, 0) is 30.2 Å². The van der Waals surface area contributed by atoms with Gasteiger partial charge in [-0.25, -0.2) is 4.98 Å². The number of hydrogen-bond donors (Lipinski definition) is 2. The molecule has 0 bridgehead atoms.